The standard InChI is InChI=1S/C14H9ClF5N/c15-10-4-9(14(18,19)20)5-12(6-10)21-7-8-3-11(16)1-2-13(8)17/h1-6,21H,7H2. The van der Waals surface area contributed by atoms with Crippen molar-refractivity contribution in [2.24, 2.45) is 0 Å². The van der Waals surface area contributed by atoms with Crippen LogP contribution in [0.1, 0.15) is 11.1 Å². The molecule has 1 nitrogen and oxygen atoms in total. The van der Waals surface area contributed by atoms with Crippen molar-refractivity contribution in [2.75, 3.05) is 5.32 Å². The van der Waals surface area contributed by atoms with Crippen LogP contribution in [0, 0.1) is 11.6 Å². The minimum absolute atomic E-state index is 0.00327. The number of hydrogen-bond donors (Lipinski definition) is 1. The van der Waals surface area contributed by atoms with Gasteiger partial charge in [-0.25, -0.2) is 8.78 Å². The van der Waals surface area contributed by atoms with Gasteiger partial charge in [0.25, 0.3) is 0 Å². The van der Waals surface area contributed by atoms with Crippen LogP contribution in [0.5, 0.6) is 0 Å². The van der Waals surface area contributed by atoms with Crippen molar-refractivity contribution in [3.63, 3.8) is 0 Å². The topological polar surface area (TPSA) is 12.0 Å². The fourth-order valence-corrected chi connectivity index (χ4v) is 1.97. The number of benzene rings is 2. The summed E-state index contributed by atoms with van der Waals surface area (Å²) in [6, 6.07) is 5.79. The summed E-state index contributed by atoms with van der Waals surface area (Å²) in [5, 5.41) is 2.49. The summed E-state index contributed by atoms with van der Waals surface area (Å²) in [4.78, 5) is 0. The SMILES string of the molecule is Fc1ccc(F)c(CNc2cc(Cl)cc(C(F)(F)F)c2)c1. The first kappa shape index (κ1) is 15.6. The molecule has 1 N–H and O–H groups in total. The zero-order chi connectivity index (χ0) is 15.6. The van der Waals surface area contributed by atoms with Gasteiger partial charge in [0.2, 0.25) is 0 Å². The molecule has 0 heterocycles. The van der Waals surface area contributed by atoms with E-state index in [0.29, 0.717) is 0 Å². The predicted molar refractivity (Wildman–Crippen MR) is 70.1 cm³/mol. The molecule has 0 fully saturated rings. The van der Waals surface area contributed by atoms with Crippen LogP contribution in [0.2, 0.25) is 5.02 Å². The Kier molecular flexibility index (Phi) is 4.37. The second-order valence-corrected chi connectivity index (χ2v) is 4.75. The van der Waals surface area contributed by atoms with Gasteiger partial charge < -0.3 is 5.32 Å². The molecule has 0 radical (unpaired) electrons. The normalized spacial score (nSPS) is 11.5. The van der Waals surface area contributed by atoms with Crippen LogP contribution in [0.15, 0.2) is 36.4 Å². The molecule has 0 saturated carbocycles. The summed E-state index contributed by atoms with van der Waals surface area (Å²) >= 11 is 5.62. The summed E-state index contributed by atoms with van der Waals surface area (Å²) in [6.07, 6.45) is -4.54. The lowest BCUT2D eigenvalue weighted by Gasteiger charge is -2.12. The van der Waals surface area contributed by atoms with Crippen molar-refractivity contribution in [1.29, 1.82) is 0 Å². The monoisotopic (exact) mass is 321 g/mol. The average Bonchev–Trinajstić information content (AvgIpc) is 2.38. The van der Waals surface area contributed by atoms with Crippen molar-refractivity contribution in [3.8, 4) is 0 Å². The van der Waals surface area contributed by atoms with Crippen LogP contribution in [-0.4, -0.2) is 0 Å². The first-order chi connectivity index (χ1) is 9.75. The second-order valence-electron chi connectivity index (χ2n) is 4.32. The van der Waals surface area contributed by atoms with Gasteiger partial charge in [0, 0.05) is 22.8 Å². The average molecular weight is 322 g/mol. The largest absolute Gasteiger partial charge is 0.416 e. The van der Waals surface area contributed by atoms with Crippen molar-refractivity contribution in [2.45, 2.75) is 12.7 Å². The molecule has 0 aliphatic rings. The van der Waals surface area contributed by atoms with Gasteiger partial charge in [-0.2, -0.15) is 13.2 Å². The Balaban J connectivity index is 2.20. The molecule has 0 unspecified atom stereocenters. The Hall–Kier alpha value is -1.82. The van der Waals surface area contributed by atoms with E-state index in [1.54, 1.807) is 0 Å². The van der Waals surface area contributed by atoms with Gasteiger partial charge in [-0.3, -0.25) is 0 Å². The Morgan fingerprint density at radius 1 is 1.00 bits per heavy atom. The number of hydrogen-bond acceptors (Lipinski definition) is 1. The summed E-state index contributed by atoms with van der Waals surface area (Å²) in [5.41, 5.74) is -0.848. The molecule has 21 heavy (non-hydrogen) atoms. The highest BCUT2D eigenvalue weighted by Gasteiger charge is 2.31. The third-order valence-corrected chi connectivity index (χ3v) is 2.93. The third kappa shape index (κ3) is 4.07. The Labute approximate surface area is 122 Å². The van der Waals surface area contributed by atoms with E-state index in [4.69, 9.17) is 11.6 Å². The molecule has 0 aromatic heterocycles. The zero-order valence-electron chi connectivity index (χ0n) is 10.4. The predicted octanol–water partition coefficient (Wildman–Crippen LogP) is 5.25. The minimum Gasteiger partial charge on any atom is -0.381 e. The van der Waals surface area contributed by atoms with E-state index in [1.807, 2.05) is 0 Å². The molecule has 0 saturated heterocycles. The molecular formula is C14H9ClF5N. The molecule has 0 aliphatic heterocycles. The summed E-state index contributed by atoms with van der Waals surface area (Å²) < 4.78 is 64.3. The van der Waals surface area contributed by atoms with Crippen LogP contribution in [0.4, 0.5) is 27.6 Å². The van der Waals surface area contributed by atoms with E-state index in [-0.39, 0.29) is 22.8 Å². The second kappa shape index (κ2) is 5.89. The molecule has 0 aliphatic carbocycles. The fraction of sp³-hybridized carbons (Fsp3) is 0.143. The van der Waals surface area contributed by atoms with E-state index in [9.17, 15) is 22.0 Å². The lowest BCUT2D eigenvalue weighted by molar-refractivity contribution is -0.137. The number of alkyl halides is 3. The minimum atomic E-state index is -4.54. The van der Waals surface area contributed by atoms with E-state index in [0.717, 1.165) is 30.3 Å². The summed E-state index contributed by atoms with van der Waals surface area (Å²) in [6.45, 7) is -0.165. The Bertz CT molecular complexity index is 654. The van der Waals surface area contributed by atoms with Crippen molar-refractivity contribution in [1.82, 2.24) is 0 Å². The maximum Gasteiger partial charge on any atom is 0.416 e. The maximum atomic E-state index is 13.4. The molecular weight excluding hydrogens is 313 g/mol. The molecule has 2 rings (SSSR count). The number of rotatable bonds is 3. The lowest BCUT2D eigenvalue weighted by Crippen LogP contribution is -2.07. The van der Waals surface area contributed by atoms with Crippen molar-refractivity contribution < 1.29 is 22.0 Å². The highest BCUT2D eigenvalue weighted by atomic mass is 35.5. The van der Waals surface area contributed by atoms with Gasteiger partial charge in [0.1, 0.15) is 11.6 Å². The zero-order valence-corrected chi connectivity index (χ0v) is 11.2. The first-order valence-corrected chi connectivity index (χ1v) is 6.19. The van der Waals surface area contributed by atoms with Gasteiger partial charge >= 0.3 is 6.18 Å². The Morgan fingerprint density at radius 2 is 1.71 bits per heavy atom. The van der Waals surface area contributed by atoms with E-state index in [2.05, 4.69) is 5.32 Å². The highest BCUT2D eigenvalue weighted by molar-refractivity contribution is 6.30. The molecule has 112 valence electrons. The number of halogens is 6. The van der Waals surface area contributed by atoms with Gasteiger partial charge in [-0.1, -0.05) is 11.6 Å². The smallest absolute Gasteiger partial charge is 0.381 e. The van der Waals surface area contributed by atoms with Gasteiger partial charge in [-0.05, 0) is 36.4 Å². The van der Waals surface area contributed by atoms with Crippen LogP contribution < -0.4 is 5.32 Å². The number of anilines is 1. The van der Waals surface area contributed by atoms with E-state index < -0.39 is 23.4 Å². The van der Waals surface area contributed by atoms with E-state index in [1.165, 1.54) is 6.07 Å². The molecule has 2 aromatic rings. The van der Waals surface area contributed by atoms with Crippen molar-refractivity contribution >= 4 is 17.3 Å². The third-order valence-electron chi connectivity index (χ3n) is 2.72. The van der Waals surface area contributed by atoms with Crippen LogP contribution in [0.3, 0.4) is 0 Å². The van der Waals surface area contributed by atoms with Crippen LogP contribution >= 0.6 is 11.6 Å². The molecule has 2 aromatic carbocycles. The van der Waals surface area contributed by atoms with Crippen LogP contribution in [0.25, 0.3) is 0 Å². The molecule has 0 atom stereocenters. The number of nitrogens with one attached hydrogen (secondary N) is 1. The fourth-order valence-electron chi connectivity index (χ4n) is 1.73. The van der Waals surface area contributed by atoms with Crippen molar-refractivity contribution in [3.05, 3.63) is 64.2 Å². The van der Waals surface area contributed by atoms with Crippen LogP contribution in [-0.2, 0) is 12.7 Å². The van der Waals surface area contributed by atoms with Gasteiger partial charge in [-0.15, -0.1) is 0 Å². The molecule has 7 heteroatoms. The summed E-state index contributed by atoms with van der Waals surface area (Å²) in [5.74, 6) is -1.28. The highest BCUT2D eigenvalue weighted by Crippen LogP contribution is 2.33. The summed E-state index contributed by atoms with van der Waals surface area (Å²) in [7, 11) is 0. The van der Waals surface area contributed by atoms with Gasteiger partial charge in [0.15, 0.2) is 0 Å². The molecule has 0 amide bonds. The first-order valence-electron chi connectivity index (χ1n) is 5.81. The molecule has 0 spiro atoms. The van der Waals surface area contributed by atoms with E-state index >= 15 is 0 Å². The maximum absolute atomic E-state index is 13.4. The van der Waals surface area contributed by atoms with Gasteiger partial charge in [0.05, 0.1) is 5.56 Å². The quantitative estimate of drug-likeness (QED) is 0.761. The Morgan fingerprint density at radius 3 is 2.38 bits per heavy atom. The molecule has 0 bridgehead atoms. The lowest BCUT2D eigenvalue weighted by atomic mass is 10.1.